The molecule has 2 aromatic heterocycles. The number of hydrogen-bond acceptors (Lipinski definition) is 6. The summed E-state index contributed by atoms with van der Waals surface area (Å²) in [5.74, 6) is 2.92. The molecule has 0 saturated heterocycles. The average molecular weight is 348 g/mol. The largest absolute Gasteiger partial charge is 0.476 e. The molecule has 26 heavy (non-hydrogen) atoms. The SMILES string of the molecule is CCC(C#N)Oc1cccc(CNc2ccc3nnc(C4CC4)n3n2)c1. The van der Waals surface area contributed by atoms with Crippen LogP contribution in [0, 0.1) is 11.3 Å². The fraction of sp³-hybridized carbons (Fsp3) is 0.368. The van der Waals surface area contributed by atoms with E-state index >= 15 is 0 Å². The summed E-state index contributed by atoms with van der Waals surface area (Å²) in [6.45, 7) is 2.54. The zero-order valence-corrected chi connectivity index (χ0v) is 14.6. The van der Waals surface area contributed by atoms with Crippen LogP contribution in [0.2, 0.25) is 0 Å². The number of aromatic nitrogens is 4. The Morgan fingerprint density at radius 3 is 2.96 bits per heavy atom. The van der Waals surface area contributed by atoms with Crippen molar-refractivity contribution in [3.8, 4) is 11.8 Å². The fourth-order valence-electron chi connectivity index (χ4n) is 2.78. The average Bonchev–Trinajstić information content (AvgIpc) is 3.44. The standard InChI is InChI=1S/C19H20N6O/c1-2-15(11-20)26-16-5-3-4-13(10-16)12-21-17-8-9-18-22-23-19(14-6-7-14)25(18)24-17/h3-5,8-10,14-15H,2,6-7,12H2,1H3,(H,21,24). The lowest BCUT2D eigenvalue weighted by molar-refractivity contribution is 0.251. The summed E-state index contributed by atoms with van der Waals surface area (Å²) in [5, 5.41) is 25.4. The van der Waals surface area contributed by atoms with E-state index in [-0.39, 0.29) is 0 Å². The first-order valence-corrected chi connectivity index (χ1v) is 8.88. The second-order valence-corrected chi connectivity index (χ2v) is 6.47. The second-order valence-electron chi connectivity index (χ2n) is 6.47. The minimum absolute atomic E-state index is 0.420. The molecule has 1 aliphatic rings. The topological polar surface area (TPSA) is 88.1 Å². The smallest absolute Gasteiger partial charge is 0.184 e. The molecule has 132 valence electrons. The maximum Gasteiger partial charge on any atom is 0.184 e. The number of fused-ring (bicyclic) bond motifs is 1. The van der Waals surface area contributed by atoms with E-state index in [1.807, 2.05) is 47.8 Å². The van der Waals surface area contributed by atoms with Gasteiger partial charge in [0.15, 0.2) is 17.6 Å². The maximum absolute atomic E-state index is 9.04. The first kappa shape index (κ1) is 16.3. The zero-order chi connectivity index (χ0) is 17.9. The number of nitrogens with zero attached hydrogens (tertiary/aromatic N) is 5. The third kappa shape index (κ3) is 3.45. The summed E-state index contributed by atoms with van der Waals surface area (Å²) in [6, 6.07) is 13.7. The predicted molar refractivity (Wildman–Crippen MR) is 96.8 cm³/mol. The van der Waals surface area contributed by atoms with Crippen molar-refractivity contribution in [2.24, 2.45) is 0 Å². The summed E-state index contributed by atoms with van der Waals surface area (Å²) in [6.07, 6.45) is 2.56. The van der Waals surface area contributed by atoms with Crippen LogP contribution in [0.4, 0.5) is 5.82 Å². The van der Waals surface area contributed by atoms with Gasteiger partial charge in [0.1, 0.15) is 17.6 Å². The molecule has 2 heterocycles. The Morgan fingerprint density at radius 1 is 1.31 bits per heavy atom. The molecular weight excluding hydrogens is 328 g/mol. The molecule has 1 N–H and O–H groups in total. The van der Waals surface area contributed by atoms with Crippen molar-refractivity contribution in [2.45, 2.75) is 44.8 Å². The molecule has 0 radical (unpaired) electrons. The van der Waals surface area contributed by atoms with Crippen molar-refractivity contribution >= 4 is 11.5 Å². The monoisotopic (exact) mass is 348 g/mol. The van der Waals surface area contributed by atoms with Gasteiger partial charge < -0.3 is 10.1 Å². The van der Waals surface area contributed by atoms with Crippen molar-refractivity contribution in [3.05, 3.63) is 47.8 Å². The Hall–Kier alpha value is -3.14. The Morgan fingerprint density at radius 2 is 2.19 bits per heavy atom. The summed E-state index contributed by atoms with van der Waals surface area (Å²) in [5.41, 5.74) is 1.83. The van der Waals surface area contributed by atoms with E-state index in [0.29, 0.717) is 24.6 Å². The van der Waals surface area contributed by atoms with E-state index in [1.54, 1.807) is 0 Å². The highest BCUT2D eigenvalue weighted by atomic mass is 16.5. The van der Waals surface area contributed by atoms with Crippen LogP contribution < -0.4 is 10.1 Å². The highest BCUT2D eigenvalue weighted by Gasteiger charge is 2.29. The fourth-order valence-corrected chi connectivity index (χ4v) is 2.78. The minimum atomic E-state index is -0.420. The number of ether oxygens (including phenoxy) is 1. The number of nitriles is 1. The van der Waals surface area contributed by atoms with Crippen LogP contribution in [0.3, 0.4) is 0 Å². The molecule has 1 saturated carbocycles. The van der Waals surface area contributed by atoms with E-state index < -0.39 is 6.10 Å². The van der Waals surface area contributed by atoms with Gasteiger partial charge in [-0.25, -0.2) is 0 Å². The van der Waals surface area contributed by atoms with E-state index in [4.69, 9.17) is 10.00 Å². The molecule has 0 amide bonds. The van der Waals surface area contributed by atoms with Crippen LogP contribution in [-0.4, -0.2) is 25.9 Å². The van der Waals surface area contributed by atoms with Crippen LogP contribution in [0.25, 0.3) is 5.65 Å². The van der Waals surface area contributed by atoms with Gasteiger partial charge in [0, 0.05) is 12.5 Å². The van der Waals surface area contributed by atoms with Crippen molar-refractivity contribution in [2.75, 3.05) is 5.32 Å². The van der Waals surface area contributed by atoms with Gasteiger partial charge in [-0.3, -0.25) is 0 Å². The van der Waals surface area contributed by atoms with Crippen LogP contribution in [0.5, 0.6) is 5.75 Å². The molecule has 7 nitrogen and oxygen atoms in total. The first-order chi connectivity index (χ1) is 12.8. The zero-order valence-electron chi connectivity index (χ0n) is 14.6. The molecule has 0 spiro atoms. The normalized spacial score (nSPS) is 14.8. The molecule has 1 fully saturated rings. The summed E-state index contributed by atoms with van der Waals surface area (Å²) >= 11 is 0. The number of benzene rings is 1. The van der Waals surface area contributed by atoms with Crippen LogP contribution in [0.1, 0.15) is 43.5 Å². The van der Waals surface area contributed by atoms with E-state index in [9.17, 15) is 0 Å². The summed E-state index contributed by atoms with van der Waals surface area (Å²) in [4.78, 5) is 0. The third-order valence-corrected chi connectivity index (χ3v) is 4.39. The molecule has 0 bridgehead atoms. The van der Waals surface area contributed by atoms with Gasteiger partial charge in [0.25, 0.3) is 0 Å². The van der Waals surface area contributed by atoms with Gasteiger partial charge in [-0.15, -0.1) is 15.3 Å². The summed E-state index contributed by atoms with van der Waals surface area (Å²) < 4.78 is 7.51. The molecule has 4 rings (SSSR count). The van der Waals surface area contributed by atoms with Crippen molar-refractivity contribution in [1.29, 1.82) is 5.26 Å². The van der Waals surface area contributed by atoms with Gasteiger partial charge in [-0.05, 0) is 49.1 Å². The van der Waals surface area contributed by atoms with Crippen LogP contribution in [-0.2, 0) is 6.54 Å². The van der Waals surface area contributed by atoms with Crippen LogP contribution >= 0.6 is 0 Å². The Balaban J connectivity index is 1.46. The lowest BCUT2D eigenvalue weighted by atomic mass is 10.2. The molecule has 1 aliphatic carbocycles. The lowest BCUT2D eigenvalue weighted by Crippen LogP contribution is -2.12. The van der Waals surface area contributed by atoms with Gasteiger partial charge in [0.2, 0.25) is 0 Å². The predicted octanol–water partition coefficient (Wildman–Crippen LogP) is 3.29. The van der Waals surface area contributed by atoms with Gasteiger partial charge >= 0.3 is 0 Å². The molecule has 7 heteroatoms. The summed E-state index contributed by atoms with van der Waals surface area (Å²) in [7, 11) is 0. The molecule has 1 unspecified atom stereocenters. The van der Waals surface area contributed by atoms with Crippen molar-refractivity contribution in [3.63, 3.8) is 0 Å². The molecule has 3 aromatic rings. The highest BCUT2D eigenvalue weighted by Crippen LogP contribution is 2.38. The minimum Gasteiger partial charge on any atom is -0.476 e. The number of rotatable bonds is 7. The van der Waals surface area contributed by atoms with Gasteiger partial charge in [-0.2, -0.15) is 9.78 Å². The van der Waals surface area contributed by atoms with E-state index in [1.165, 1.54) is 0 Å². The Kier molecular flexibility index (Phi) is 4.40. The van der Waals surface area contributed by atoms with Gasteiger partial charge in [-0.1, -0.05) is 19.1 Å². The highest BCUT2D eigenvalue weighted by molar-refractivity contribution is 5.45. The van der Waals surface area contributed by atoms with Crippen LogP contribution in [0.15, 0.2) is 36.4 Å². The number of hydrogen-bond donors (Lipinski definition) is 1. The van der Waals surface area contributed by atoms with E-state index in [2.05, 4.69) is 26.7 Å². The Bertz CT molecular complexity index is 956. The van der Waals surface area contributed by atoms with Crippen molar-refractivity contribution < 1.29 is 4.74 Å². The van der Waals surface area contributed by atoms with Gasteiger partial charge in [0.05, 0.1) is 0 Å². The second kappa shape index (κ2) is 7.00. The Labute approximate surface area is 151 Å². The third-order valence-electron chi connectivity index (χ3n) is 4.39. The molecule has 1 atom stereocenters. The number of anilines is 1. The maximum atomic E-state index is 9.04. The molecule has 0 aliphatic heterocycles. The molecule has 1 aromatic carbocycles. The van der Waals surface area contributed by atoms with E-state index in [0.717, 1.165) is 35.7 Å². The van der Waals surface area contributed by atoms with Crippen molar-refractivity contribution in [1.82, 2.24) is 19.8 Å². The first-order valence-electron chi connectivity index (χ1n) is 8.88. The lowest BCUT2D eigenvalue weighted by Gasteiger charge is -2.12. The number of nitrogens with one attached hydrogen (secondary N) is 1. The molecular formula is C19H20N6O. The quantitative estimate of drug-likeness (QED) is 0.705.